The number of rotatable bonds is 4. The highest BCUT2D eigenvalue weighted by molar-refractivity contribution is 8.00. The van der Waals surface area contributed by atoms with Crippen LogP contribution in [0.4, 0.5) is 5.69 Å². The number of carbonyl (C=O) groups excluding carboxylic acids is 2. The molecule has 1 atom stereocenters. The van der Waals surface area contributed by atoms with E-state index in [0.29, 0.717) is 22.2 Å². The Morgan fingerprint density at radius 2 is 2.12 bits per heavy atom. The molecule has 0 spiro atoms. The van der Waals surface area contributed by atoms with Crippen molar-refractivity contribution in [1.82, 2.24) is 9.97 Å². The van der Waals surface area contributed by atoms with Crippen LogP contribution in [-0.2, 0) is 4.79 Å². The van der Waals surface area contributed by atoms with Crippen LogP contribution < -0.4 is 10.1 Å². The molecule has 0 fully saturated rings. The molecule has 2 heterocycles. The fourth-order valence-corrected chi connectivity index (χ4v) is 3.75. The number of thioether (sulfide) groups is 1. The number of hydrogen-bond donors (Lipinski definition) is 2. The van der Waals surface area contributed by atoms with Gasteiger partial charge >= 0.3 is 0 Å². The predicted octanol–water partition coefficient (Wildman–Crippen LogP) is 3.57. The smallest absolute Gasteiger partial charge is 0.262 e. The van der Waals surface area contributed by atoms with E-state index in [-0.39, 0.29) is 23.5 Å². The van der Waals surface area contributed by atoms with Gasteiger partial charge in [0.15, 0.2) is 17.5 Å². The fourth-order valence-electron chi connectivity index (χ4n) is 2.85. The zero-order valence-electron chi connectivity index (χ0n) is 14.3. The SMILES string of the molecule is Cc1ccc2nc(SC(C)C(=O)c3ccc4c(c3)NC(=O)CO4)[nH]c2c1. The van der Waals surface area contributed by atoms with Crippen LogP contribution >= 0.6 is 11.8 Å². The zero-order valence-corrected chi connectivity index (χ0v) is 15.1. The summed E-state index contributed by atoms with van der Waals surface area (Å²) in [4.78, 5) is 32.0. The lowest BCUT2D eigenvalue weighted by molar-refractivity contribution is -0.118. The first-order valence-electron chi connectivity index (χ1n) is 8.23. The van der Waals surface area contributed by atoms with Gasteiger partial charge < -0.3 is 15.0 Å². The number of ether oxygens (including phenoxy) is 1. The maximum Gasteiger partial charge on any atom is 0.262 e. The summed E-state index contributed by atoms with van der Waals surface area (Å²) in [6, 6.07) is 11.1. The minimum absolute atomic E-state index is 0.00191. The standard InChI is InChI=1S/C19H17N3O3S/c1-10-3-5-13-14(7-10)22-19(21-13)26-11(2)18(24)12-4-6-16-15(8-12)20-17(23)9-25-16/h3-8,11H,9H2,1-2H3,(H,20,23)(H,21,22). The van der Waals surface area contributed by atoms with Crippen LogP contribution in [0.1, 0.15) is 22.8 Å². The first kappa shape index (κ1) is 16.7. The monoisotopic (exact) mass is 367 g/mol. The molecule has 2 aromatic carbocycles. The Labute approximate surface area is 154 Å². The number of carbonyl (C=O) groups is 2. The minimum atomic E-state index is -0.324. The Bertz CT molecular complexity index is 1030. The lowest BCUT2D eigenvalue weighted by atomic mass is 10.1. The second-order valence-corrected chi connectivity index (χ2v) is 7.56. The Morgan fingerprint density at radius 3 is 2.96 bits per heavy atom. The molecule has 4 rings (SSSR count). The van der Waals surface area contributed by atoms with Crippen molar-refractivity contribution in [2.24, 2.45) is 0 Å². The van der Waals surface area contributed by atoms with E-state index >= 15 is 0 Å². The molecular weight excluding hydrogens is 350 g/mol. The Hall–Kier alpha value is -2.80. The summed E-state index contributed by atoms with van der Waals surface area (Å²) >= 11 is 1.38. The van der Waals surface area contributed by atoms with E-state index in [9.17, 15) is 9.59 Å². The molecule has 0 saturated carbocycles. The molecule has 132 valence electrons. The third-order valence-corrected chi connectivity index (χ3v) is 5.15. The van der Waals surface area contributed by atoms with Gasteiger partial charge in [-0.25, -0.2) is 4.98 Å². The number of imidazole rings is 1. The largest absolute Gasteiger partial charge is 0.482 e. The van der Waals surface area contributed by atoms with E-state index in [0.717, 1.165) is 16.6 Å². The molecule has 2 N–H and O–H groups in total. The normalized spacial score (nSPS) is 14.5. The highest BCUT2D eigenvalue weighted by Crippen LogP contribution is 2.31. The van der Waals surface area contributed by atoms with E-state index in [4.69, 9.17) is 4.74 Å². The second-order valence-electron chi connectivity index (χ2n) is 6.23. The van der Waals surface area contributed by atoms with Gasteiger partial charge in [-0.3, -0.25) is 9.59 Å². The number of H-pyrrole nitrogens is 1. The van der Waals surface area contributed by atoms with Crippen molar-refractivity contribution in [3.8, 4) is 5.75 Å². The molecule has 1 aliphatic rings. The summed E-state index contributed by atoms with van der Waals surface area (Å²) in [6.07, 6.45) is 0. The molecule has 26 heavy (non-hydrogen) atoms. The van der Waals surface area contributed by atoms with E-state index in [1.807, 2.05) is 32.0 Å². The van der Waals surface area contributed by atoms with Crippen molar-refractivity contribution >= 4 is 40.2 Å². The summed E-state index contributed by atoms with van der Waals surface area (Å²) in [5.74, 6) is 0.325. The number of nitrogens with one attached hydrogen (secondary N) is 2. The number of Topliss-reactive ketones (excluding diaryl/α,β-unsaturated/α-hetero) is 1. The molecule has 3 aromatic rings. The molecule has 0 saturated heterocycles. The number of ketones is 1. The van der Waals surface area contributed by atoms with Crippen LogP contribution in [0.15, 0.2) is 41.6 Å². The molecular formula is C19H17N3O3S. The molecule has 1 amide bonds. The number of anilines is 1. The average Bonchev–Trinajstić information content (AvgIpc) is 3.01. The Kier molecular flexibility index (Phi) is 4.16. The molecule has 0 radical (unpaired) electrons. The van der Waals surface area contributed by atoms with Gasteiger partial charge in [-0.2, -0.15) is 0 Å². The van der Waals surface area contributed by atoms with Crippen LogP contribution in [0, 0.1) is 6.92 Å². The van der Waals surface area contributed by atoms with E-state index in [1.165, 1.54) is 11.8 Å². The fraction of sp³-hybridized carbons (Fsp3) is 0.211. The van der Waals surface area contributed by atoms with Gasteiger partial charge in [-0.1, -0.05) is 17.8 Å². The van der Waals surface area contributed by atoms with Crippen LogP contribution in [0.2, 0.25) is 0 Å². The van der Waals surface area contributed by atoms with E-state index in [1.54, 1.807) is 18.2 Å². The molecule has 0 aliphatic carbocycles. The van der Waals surface area contributed by atoms with Gasteiger partial charge in [0.2, 0.25) is 0 Å². The molecule has 6 nitrogen and oxygen atoms in total. The third-order valence-electron chi connectivity index (χ3n) is 4.17. The number of hydrogen-bond acceptors (Lipinski definition) is 5. The number of amides is 1. The summed E-state index contributed by atoms with van der Waals surface area (Å²) < 4.78 is 5.33. The van der Waals surface area contributed by atoms with Gasteiger partial charge in [0.25, 0.3) is 5.91 Å². The van der Waals surface area contributed by atoms with Crippen LogP contribution in [-0.4, -0.2) is 33.5 Å². The Balaban J connectivity index is 1.53. The minimum Gasteiger partial charge on any atom is -0.482 e. The highest BCUT2D eigenvalue weighted by atomic mass is 32.2. The van der Waals surface area contributed by atoms with Gasteiger partial charge in [-0.05, 0) is 49.7 Å². The quantitative estimate of drug-likeness (QED) is 0.544. The summed E-state index contributed by atoms with van der Waals surface area (Å²) in [5.41, 5.74) is 4.05. The van der Waals surface area contributed by atoms with Crippen molar-refractivity contribution in [2.45, 2.75) is 24.3 Å². The van der Waals surface area contributed by atoms with Gasteiger partial charge in [0.05, 0.1) is 22.0 Å². The number of fused-ring (bicyclic) bond motifs is 2. The van der Waals surface area contributed by atoms with E-state index < -0.39 is 0 Å². The molecule has 7 heteroatoms. The number of aromatic nitrogens is 2. The average molecular weight is 367 g/mol. The third kappa shape index (κ3) is 3.17. The first-order valence-corrected chi connectivity index (χ1v) is 9.11. The van der Waals surface area contributed by atoms with E-state index in [2.05, 4.69) is 15.3 Å². The van der Waals surface area contributed by atoms with Gasteiger partial charge in [0, 0.05) is 5.56 Å². The molecule has 1 unspecified atom stereocenters. The number of nitrogens with zero attached hydrogens (tertiary/aromatic N) is 1. The van der Waals surface area contributed by atoms with Gasteiger partial charge in [-0.15, -0.1) is 0 Å². The lowest BCUT2D eigenvalue weighted by Crippen LogP contribution is -2.25. The highest BCUT2D eigenvalue weighted by Gasteiger charge is 2.22. The molecule has 1 aromatic heterocycles. The van der Waals surface area contributed by atoms with Crippen LogP contribution in [0.3, 0.4) is 0 Å². The number of aryl methyl sites for hydroxylation is 1. The molecule has 0 bridgehead atoms. The van der Waals surface area contributed by atoms with Crippen LogP contribution in [0.25, 0.3) is 11.0 Å². The number of aromatic amines is 1. The van der Waals surface area contributed by atoms with Crippen molar-refractivity contribution in [1.29, 1.82) is 0 Å². The summed E-state index contributed by atoms with van der Waals surface area (Å²) in [6.45, 7) is 3.87. The summed E-state index contributed by atoms with van der Waals surface area (Å²) in [5, 5.41) is 3.11. The zero-order chi connectivity index (χ0) is 18.3. The maximum atomic E-state index is 12.8. The van der Waals surface area contributed by atoms with Crippen molar-refractivity contribution in [2.75, 3.05) is 11.9 Å². The Morgan fingerprint density at radius 1 is 1.27 bits per heavy atom. The summed E-state index contributed by atoms with van der Waals surface area (Å²) in [7, 11) is 0. The lowest BCUT2D eigenvalue weighted by Gasteiger charge is -2.18. The second kappa shape index (κ2) is 6.49. The topological polar surface area (TPSA) is 84.1 Å². The number of benzene rings is 2. The van der Waals surface area contributed by atoms with Crippen molar-refractivity contribution in [3.63, 3.8) is 0 Å². The maximum absolute atomic E-state index is 12.8. The van der Waals surface area contributed by atoms with Crippen molar-refractivity contribution in [3.05, 3.63) is 47.5 Å². The van der Waals surface area contributed by atoms with Crippen molar-refractivity contribution < 1.29 is 14.3 Å². The van der Waals surface area contributed by atoms with Crippen LogP contribution in [0.5, 0.6) is 5.75 Å². The molecule has 1 aliphatic heterocycles. The predicted molar refractivity (Wildman–Crippen MR) is 101 cm³/mol. The first-order chi connectivity index (χ1) is 12.5. The van der Waals surface area contributed by atoms with Gasteiger partial charge in [0.1, 0.15) is 5.75 Å².